The second kappa shape index (κ2) is 7.20. The van der Waals surface area contributed by atoms with E-state index < -0.39 is 6.10 Å². The van der Waals surface area contributed by atoms with Gasteiger partial charge in [0.2, 0.25) is 5.91 Å². The number of ketones is 1. The molecule has 1 heterocycles. The van der Waals surface area contributed by atoms with Crippen LogP contribution in [0.15, 0.2) is 12.1 Å². The second-order valence-electron chi connectivity index (χ2n) is 5.05. The lowest BCUT2D eigenvalue weighted by molar-refractivity contribution is -0.123. The number of aliphatic hydroxyl groups excluding tert-OH is 1. The number of carbonyl (C=O) groups is 2. The Balaban J connectivity index is 1.76. The van der Waals surface area contributed by atoms with Crippen LogP contribution in [0, 0.1) is 0 Å². The van der Waals surface area contributed by atoms with Crippen molar-refractivity contribution in [2.45, 2.75) is 50.7 Å². The third-order valence-electron chi connectivity index (χ3n) is 3.50. The zero-order valence-corrected chi connectivity index (χ0v) is 12.7. The van der Waals surface area contributed by atoms with Gasteiger partial charge in [-0.1, -0.05) is 24.4 Å². The van der Waals surface area contributed by atoms with Gasteiger partial charge in [0, 0.05) is 12.8 Å². The van der Waals surface area contributed by atoms with Crippen LogP contribution in [0.25, 0.3) is 0 Å². The molecule has 1 aromatic rings. The minimum absolute atomic E-state index is 0.0683. The highest BCUT2D eigenvalue weighted by Crippen LogP contribution is 2.23. The molecule has 6 heteroatoms. The number of hydrogen-bond donors (Lipinski definition) is 2. The molecule has 0 spiro atoms. The molecule has 0 aliphatic heterocycles. The fourth-order valence-corrected chi connectivity index (χ4v) is 3.38. The number of carbonyl (C=O) groups excluding carboxylic acids is 2. The number of halogens is 1. The highest BCUT2D eigenvalue weighted by molar-refractivity contribution is 7.18. The second-order valence-corrected chi connectivity index (χ2v) is 6.77. The number of Topliss-reactive ketones (excluding diaryl/α,β-unsaturated/α-hetero) is 1. The van der Waals surface area contributed by atoms with Gasteiger partial charge in [-0.2, -0.15) is 0 Å². The minimum atomic E-state index is -0.459. The van der Waals surface area contributed by atoms with Gasteiger partial charge in [0.05, 0.1) is 21.4 Å². The summed E-state index contributed by atoms with van der Waals surface area (Å²) in [5, 5.41) is 12.6. The molecule has 2 unspecified atom stereocenters. The lowest BCUT2D eigenvalue weighted by Crippen LogP contribution is -2.45. The average Bonchev–Trinajstić information content (AvgIpc) is 2.85. The first kappa shape index (κ1) is 15.5. The molecule has 1 aromatic heterocycles. The Morgan fingerprint density at radius 3 is 2.70 bits per heavy atom. The molecule has 1 aliphatic rings. The number of thiophene rings is 1. The van der Waals surface area contributed by atoms with E-state index in [1.165, 1.54) is 11.3 Å². The maximum Gasteiger partial charge on any atom is 0.220 e. The lowest BCUT2D eigenvalue weighted by Gasteiger charge is -2.28. The molecule has 1 aliphatic carbocycles. The van der Waals surface area contributed by atoms with Crippen molar-refractivity contribution in [1.29, 1.82) is 0 Å². The highest BCUT2D eigenvalue weighted by Gasteiger charge is 2.24. The van der Waals surface area contributed by atoms with E-state index in [0.717, 1.165) is 25.7 Å². The van der Waals surface area contributed by atoms with Crippen LogP contribution in [-0.4, -0.2) is 28.9 Å². The van der Waals surface area contributed by atoms with Crippen LogP contribution >= 0.6 is 22.9 Å². The largest absolute Gasteiger partial charge is 0.391 e. The SMILES string of the molecule is O=C(CCC(=O)c1ccc(Cl)s1)NC1CCCCC1O. The maximum atomic E-state index is 11.8. The molecule has 1 fully saturated rings. The van der Waals surface area contributed by atoms with Crippen molar-refractivity contribution in [3.05, 3.63) is 21.3 Å². The van der Waals surface area contributed by atoms with E-state index in [4.69, 9.17) is 11.6 Å². The van der Waals surface area contributed by atoms with Gasteiger partial charge in [0.1, 0.15) is 0 Å². The third-order valence-corrected chi connectivity index (χ3v) is 4.78. The van der Waals surface area contributed by atoms with Crippen molar-refractivity contribution in [3.63, 3.8) is 0 Å². The zero-order chi connectivity index (χ0) is 14.5. The molecule has 1 amide bonds. The van der Waals surface area contributed by atoms with E-state index in [1.54, 1.807) is 12.1 Å². The van der Waals surface area contributed by atoms with Crippen molar-refractivity contribution < 1.29 is 14.7 Å². The summed E-state index contributed by atoms with van der Waals surface area (Å²) in [5.74, 6) is -0.242. The summed E-state index contributed by atoms with van der Waals surface area (Å²) in [4.78, 5) is 24.2. The predicted molar refractivity (Wildman–Crippen MR) is 79.3 cm³/mol. The fraction of sp³-hybridized carbons (Fsp3) is 0.571. The monoisotopic (exact) mass is 315 g/mol. The summed E-state index contributed by atoms with van der Waals surface area (Å²) in [6.45, 7) is 0. The molecule has 110 valence electrons. The molecule has 0 radical (unpaired) electrons. The molecule has 2 atom stereocenters. The van der Waals surface area contributed by atoms with Crippen molar-refractivity contribution in [2.24, 2.45) is 0 Å². The molecule has 0 bridgehead atoms. The van der Waals surface area contributed by atoms with Gasteiger partial charge in [0.15, 0.2) is 5.78 Å². The Kier molecular flexibility index (Phi) is 5.57. The van der Waals surface area contributed by atoms with Gasteiger partial charge in [-0.05, 0) is 25.0 Å². The van der Waals surface area contributed by atoms with Gasteiger partial charge in [-0.25, -0.2) is 0 Å². The Labute approximate surface area is 127 Å². The number of aliphatic hydroxyl groups is 1. The van der Waals surface area contributed by atoms with Crippen molar-refractivity contribution in [3.8, 4) is 0 Å². The summed E-state index contributed by atoms with van der Waals surface area (Å²) in [7, 11) is 0. The van der Waals surface area contributed by atoms with Gasteiger partial charge in [-0.3, -0.25) is 9.59 Å². The number of hydrogen-bond acceptors (Lipinski definition) is 4. The standard InChI is InChI=1S/C14H18ClNO3S/c15-13-7-6-12(20-13)11(18)5-8-14(19)16-9-3-1-2-4-10(9)17/h6-7,9-10,17H,1-5,8H2,(H,16,19). The molecule has 1 saturated carbocycles. The van der Waals surface area contributed by atoms with E-state index in [-0.39, 0.29) is 30.6 Å². The van der Waals surface area contributed by atoms with Gasteiger partial charge in [-0.15, -0.1) is 11.3 Å². The molecule has 2 rings (SSSR count). The normalized spacial score (nSPS) is 22.5. The topological polar surface area (TPSA) is 66.4 Å². The lowest BCUT2D eigenvalue weighted by atomic mass is 9.92. The van der Waals surface area contributed by atoms with E-state index in [0.29, 0.717) is 9.21 Å². The quantitative estimate of drug-likeness (QED) is 0.821. The molecule has 20 heavy (non-hydrogen) atoms. The molecule has 0 saturated heterocycles. The van der Waals surface area contributed by atoms with Gasteiger partial charge < -0.3 is 10.4 Å². The van der Waals surface area contributed by atoms with Crippen molar-refractivity contribution in [1.82, 2.24) is 5.32 Å². The van der Waals surface area contributed by atoms with E-state index in [9.17, 15) is 14.7 Å². The first-order valence-corrected chi connectivity index (χ1v) is 8.01. The van der Waals surface area contributed by atoms with Crippen LogP contribution in [0.2, 0.25) is 4.34 Å². The Morgan fingerprint density at radius 2 is 2.05 bits per heavy atom. The molecular weight excluding hydrogens is 298 g/mol. The number of rotatable bonds is 5. The van der Waals surface area contributed by atoms with Crippen LogP contribution in [-0.2, 0) is 4.79 Å². The summed E-state index contributed by atoms with van der Waals surface area (Å²) < 4.78 is 0.572. The summed E-state index contributed by atoms with van der Waals surface area (Å²) >= 11 is 7.00. The molecule has 4 nitrogen and oxygen atoms in total. The number of amides is 1. The smallest absolute Gasteiger partial charge is 0.220 e. The summed E-state index contributed by atoms with van der Waals surface area (Å²) in [6.07, 6.45) is 3.43. The van der Waals surface area contributed by atoms with Crippen molar-refractivity contribution in [2.75, 3.05) is 0 Å². The maximum absolute atomic E-state index is 11.8. The fourth-order valence-electron chi connectivity index (χ4n) is 2.37. The Bertz CT molecular complexity index is 489. The van der Waals surface area contributed by atoms with Crippen LogP contribution in [0.4, 0.5) is 0 Å². The predicted octanol–water partition coefficient (Wildman–Crippen LogP) is 2.78. The van der Waals surface area contributed by atoms with Crippen LogP contribution < -0.4 is 5.32 Å². The highest BCUT2D eigenvalue weighted by atomic mass is 35.5. The van der Waals surface area contributed by atoms with E-state index >= 15 is 0 Å². The van der Waals surface area contributed by atoms with Crippen LogP contribution in [0.3, 0.4) is 0 Å². The number of nitrogens with one attached hydrogen (secondary N) is 1. The average molecular weight is 316 g/mol. The Hall–Kier alpha value is -0.910. The first-order valence-electron chi connectivity index (χ1n) is 6.82. The zero-order valence-electron chi connectivity index (χ0n) is 11.1. The summed E-state index contributed by atoms with van der Waals surface area (Å²) in [5.41, 5.74) is 0. The Morgan fingerprint density at radius 1 is 1.30 bits per heavy atom. The third kappa shape index (κ3) is 4.30. The molecule has 0 aromatic carbocycles. The molecular formula is C14H18ClNO3S. The minimum Gasteiger partial charge on any atom is -0.391 e. The first-order chi connectivity index (χ1) is 9.56. The molecule has 2 N–H and O–H groups in total. The van der Waals surface area contributed by atoms with Crippen LogP contribution in [0.5, 0.6) is 0 Å². The van der Waals surface area contributed by atoms with Crippen LogP contribution in [0.1, 0.15) is 48.2 Å². The van der Waals surface area contributed by atoms with E-state index in [1.807, 2.05) is 0 Å². The van der Waals surface area contributed by atoms with Crippen molar-refractivity contribution >= 4 is 34.6 Å². The summed E-state index contributed by atoms with van der Waals surface area (Å²) in [6, 6.07) is 3.19. The van der Waals surface area contributed by atoms with E-state index in [2.05, 4.69) is 5.32 Å². The van der Waals surface area contributed by atoms with Gasteiger partial charge >= 0.3 is 0 Å². The van der Waals surface area contributed by atoms with Gasteiger partial charge in [0.25, 0.3) is 0 Å².